The molecule has 0 unspecified atom stereocenters. The molecule has 0 aliphatic carbocycles. The molecule has 4 heteroatoms. The quantitative estimate of drug-likeness (QED) is 0.685. The van der Waals surface area contributed by atoms with Crippen LogP contribution in [0.2, 0.25) is 0 Å². The van der Waals surface area contributed by atoms with Crippen molar-refractivity contribution in [3.63, 3.8) is 0 Å². The van der Waals surface area contributed by atoms with Crippen LogP contribution in [0, 0.1) is 0 Å². The van der Waals surface area contributed by atoms with Crippen molar-refractivity contribution in [3.05, 3.63) is 17.5 Å². The normalized spacial score (nSPS) is 10.4. The van der Waals surface area contributed by atoms with Gasteiger partial charge in [0.1, 0.15) is 5.76 Å². The van der Waals surface area contributed by atoms with Crippen LogP contribution in [0.4, 0.5) is 0 Å². The van der Waals surface area contributed by atoms with E-state index in [0.717, 1.165) is 5.56 Å². The Kier molecular flexibility index (Phi) is 3.07. The first kappa shape index (κ1) is 8.23. The van der Waals surface area contributed by atoms with E-state index in [4.69, 9.17) is 14.4 Å². The number of aromatic nitrogens is 1. The number of ether oxygens (including phenoxy) is 1. The van der Waals surface area contributed by atoms with Crippen LogP contribution in [0.5, 0.6) is 0 Å². The Morgan fingerprint density at radius 1 is 1.73 bits per heavy atom. The molecule has 0 radical (unpaired) electrons. The zero-order valence-corrected chi connectivity index (χ0v) is 6.41. The SMILES string of the molecule is COCCc1oncc1CO. The van der Waals surface area contributed by atoms with Gasteiger partial charge in [0.15, 0.2) is 0 Å². The van der Waals surface area contributed by atoms with Gasteiger partial charge in [-0.25, -0.2) is 0 Å². The number of aliphatic hydroxyl groups excluding tert-OH is 1. The second-order valence-corrected chi connectivity index (χ2v) is 2.18. The molecule has 1 aromatic rings. The molecule has 0 aliphatic heterocycles. The maximum Gasteiger partial charge on any atom is 0.144 e. The van der Waals surface area contributed by atoms with Crippen molar-refractivity contribution in [2.45, 2.75) is 13.0 Å². The van der Waals surface area contributed by atoms with Gasteiger partial charge in [-0.2, -0.15) is 0 Å². The second-order valence-electron chi connectivity index (χ2n) is 2.18. The maximum absolute atomic E-state index is 8.77. The first-order chi connectivity index (χ1) is 5.38. The lowest BCUT2D eigenvalue weighted by atomic mass is 10.2. The molecule has 0 amide bonds. The maximum atomic E-state index is 8.77. The monoisotopic (exact) mass is 157 g/mol. The molecule has 4 nitrogen and oxygen atoms in total. The molecule has 62 valence electrons. The molecule has 1 aromatic heterocycles. The molecule has 0 atom stereocenters. The predicted molar refractivity (Wildman–Crippen MR) is 38.0 cm³/mol. The second kappa shape index (κ2) is 4.10. The summed E-state index contributed by atoms with van der Waals surface area (Å²) in [5, 5.41) is 12.3. The third-order valence-corrected chi connectivity index (χ3v) is 1.43. The minimum Gasteiger partial charge on any atom is -0.391 e. The number of nitrogens with zero attached hydrogens (tertiary/aromatic N) is 1. The lowest BCUT2D eigenvalue weighted by Gasteiger charge is -1.95. The highest BCUT2D eigenvalue weighted by molar-refractivity contribution is 5.11. The van der Waals surface area contributed by atoms with E-state index in [1.807, 2.05) is 0 Å². The number of hydrogen-bond acceptors (Lipinski definition) is 4. The van der Waals surface area contributed by atoms with Crippen molar-refractivity contribution in [1.29, 1.82) is 0 Å². The molecular formula is C7H11NO3. The number of methoxy groups -OCH3 is 1. The molecule has 0 spiro atoms. The van der Waals surface area contributed by atoms with Gasteiger partial charge in [-0.15, -0.1) is 0 Å². The Labute approximate surface area is 64.8 Å². The third-order valence-electron chi connectivity index (χ3n) is 1.43. The topological polar surface area (TPSA) is 55.5 Å². The Bertz CT molecular complexity index is 209. The van der Waals surface area contributed by atoms with Crippen LogP contribution in [-0.2, 0) is 17.8 Å². The summed E-state index contributed by atoms with van der Waals surface area (Å²) in [5.41, 5.74) is 0.738. The van der Waals surface area contributed by atoms with Crippen molar-refractivity contribution in [2.75, 3.05) is 13.7 Å². The third kappa shape index (κ3) is 2.03. The van der Waals surface area contributed by atoms with Crippen molar-refractivity contribution in [3.8, 4) is 0 Å². The molecule has 1 N–H and O–H groups in total. The van der Waals surface area contributed by atoms with E-state index in [2.05, 4.69) is 5.16 Å². The molecule has 0 aromatic carbocycles. The summed E-state index contributed by atoms with van der Waals surface area (Å²) < 4.78 is 9.71. The van der Waals surface area contributed by atoms with Gasteiger partial charge in [0.25, 0.3) is 0 Å². The van der Waals surface area contributed by atoms with Crippen LogP contribution in [0.25, 0.3) is 0 Å². The fraction of sp³-hybridized carbons (Fsp3) is 0.571. The molecular weight excluding hydrogens is 146 g/mol. The van der Waals surface area contributed by atoms with E-state index in [1.54, 1.807) is 7.11 Å². The molecule has 1 rings (SSSR count). The van der Waals surface area contributed by atoms with Crippen LogP contribution in [0.15, 0.2) is 10.7 Å². The molecule has 0 saturated heterocycles. The summed E-state index contributed by atoms with van der Waals surface area (Å²) in [5.74, 6) is 0.703. The van der Waals surface area contributed by atoms with Gasteiger partial charge in [-0.05, 0) is 0 Å². The van der Waals surface area contributed by atoms with Gasteiger partial charge in [0.05, 0.1) is 19.4 Å². The Hall–Kier alpha value is -0.870. The first-order valence-corrected chi connectivity index (χ1v) is 3.40. The van der Waals surface area contributed by atoms with Crippen LogP contribution < -0.4 is 0 Å². The van der Waals surface area contributed by atoms with Crippen LogP contribution in [-0.4, -0.2) is 24.0 Å². The van der Waals surface area contributed by atoms with Gasteiger partial charge < -0.3 is 14.4 Å². The van der Waals surface area contributed by atoms with Gasteiger partial charge in [0, 0.05) is 19.1 Å². The van der Waals surface area contributed by atoms with Crippen LogP contribution >= 0.6 is 0 Å². The predicted octanol–water partition coefficient (Wildman–Crippen LogP) is 0.356. The zero-order chi connectivity index (χ0) is 8.10. The van der Waals surface area contributed by atoms with Crippen LogP contribution in [0.3, 0.4) is 0 Å². The van der Waals surface area contributed by atoms with Gasteiger partial charge >= 0.3 is 0 Å². The molecule has 0 fully saturated rings. The van der Waals surface area contributed by atoms with Gasteiger partial charge in [-0.3, -0.25) is 0 Å². The summed E-state index contributed by atoms with van der Waals surface area (Å²) >= 11 is 0. The van der Waals surface area contributed by atoms with E-state index >= 15 is 0 Å². The van der Waals surface area contributed by atoms with Crippen molar-refractivity contribution in [1.82, 2.24) is 5.16 Å². The van der Waals surface area contributed by atoms with E-state index in [9.17, 15) is 0 Å². The molecule has 0 aliphatic rings. The fourth-order valence-corrected chi connectivity index (χ4v) is 0.814. The highest BCUT2D eigenvalue weighted by Gasteiger charge is 2.05. The fourth-order valence-electron chi connectivity index (χ4n) is 0.814. The minimum atomic E-state index is -0.0253. The summed E-state index contributed by atoms with van der Waals surface area (Å²) in [6.07, 6.45) is 2.18. The molecule has 0 bridgehead atoms. The zero-order valence-electron chi connectivity index (χ0n) is 6.41. The largest absolute Gasteiger partial charge is 0.391 e. The summed E-state index contributed by atoms with van der Waals surface area (Å²) in [7, 11) is 1.62. The van der Waals surface area contributed by atoms with Crippen molar-refractivity contribution < 1.29 is 14.4 Å². The Morgan fingerprint density at radius 3 is 3.18 bits per heavy atom. The molecule has 11 heavy (non-hydrogen) atoms. The average molecular weight is 157 g/mol. The lowest BCUT2D eigenvalue weighted by Crippen LogP contribution is -1.96. The standard InChI is InChI=1S/C7H11NO3/c1-10-3-2-7-6(5-9)4-8-11-7/h4,9H,2-3,5H2,1H3. The highest BCUT2D eigenvalue weighted by Crippen LogP contribution is 2.07. The number of hydrogen-bond donors (Lipinski definition) is 1. The minimum absolute atomic E-state index is 0.0253. The smallest absolute Gasteiger partial charge is 0.144 e. The summed E-state index contributed by atoms with van der Waals surface area (Å²) in [6, 6.07) is 0. The van der Waals surface area contributed by atoms with Crippen molar-refractivity contribution in [2.24, 2.45) is 0 Å². The summed E-state index contributed by atoms with van der Waals surface area (Å²) in [4.78, 5) is 0. The van der Waals surface area contributed by atoms with Gasteiger partial charge in [-0.1, -0.05) is 5.16 Å². The average Bonchev–Trinajstić information content (AvgIpc) is 2.47. The number of aliphatic hydroxyl groups is 1. The van der Waals surface area contributed by atoms with E-state index in [-0.39, 0.29) is 6.61 Å². The highest BCUT2D eigenvalue weighted by atomic mass is 16.5. The Balaban J connectivity index is 2.54. The van der Waals surface area contributed by atoms with Crippen molar-refractivity contribution >= 4 is 0 Å². The van der Waals surface area contributed by atoms with Gasteiger partial charge in [0.2, 0.25) is 0 Å². The summed E-state index contributed by atoms with van der Waals surface area (Å²) in [6.45, 7) is 0.560. The van der Waals surface area contributed by atoms with E-state index in [1.165, 1.54) is 6.20 Å². The first-order valence-electron chi connectivity index (χ1n) is 3.40. The lowest BCUT2D eigenvalue weighted by molar-refractivity contribution is 0.191. The Morgan fingerprint density at radius 2 is 2.55 bits per heavy atom. The van der Waals surface area contributed by atoms with Crippen LogP contribution in [0.1, 0.15) is 11.3 Å². The molecule has 0 saturated carbocycles. The van der Waals surface area contributed by atoms with E-state index < -0.39 is 0 Å². The number of rotatable bonds is 4. The molecule has 1 heterocycles. The van der Waals surface area contributed by atoms with E-state index in [0.29, 0.717) is 18.8 Å².